The predicted octanol–water partition coefficient (Wildman–Crippen LogP) is 4.75. The van der Waals surface area contributed by atoms with Gasteiger partial charge in [0.05, 0.1) is 35.0 Å². The molecule has 7 heteroatoms. The maximum Gasteiger partial charge on any atom is 0.238 e. The average molecular weight is 533 g/mol. The van der Waals surface area contributed by atoms with E-state index in [2.05, 4.69) is 0 Å². The Hall–Kier alpha value is -4.52. The number of aromatic hydroxyl groups is 1. The lowest BCUT2D eigenvalue weighted by atomic mass is 9.57. The van der Waals surface area contributed by atoms with Crippen molar-refractivity contribution in [2.24, 2.45) is 29.6 Å². The van der Waals surface area contributed by atoms with E-state index in [1.54, 1.807) is 67.6 Å². The standard InChI is InChI=1S/C33H28N2O5/c1-18-16-19(12-15-26(18)36)27-22-13-14-23-28(32(39)34(30(23)37)20-8-4-2-5-9-20)24(22)17-25-29(27)33(40)35(31(25)38)21-10-6-3-7-11-21/h2-13,15-16,23-25,27-29,36H,14,17H2,1H3. The summed E-state index contributed by atoms with van der Waals surface area (Å²) in [5.74, 6) is -3.96. The quantitative estimate of drug-likeness (QED) is 0.388. The summed E-state index contributed by atoms with van der Waals surface area (Å²) in [4.78, 5) is 58.1. The second kappa shape index (κ2) is 9.01. The third-order valence-corrected chi connectivity index (χ3v) is 9.26. The Kier molecular flexibility index (Phi) is 5.52. The van der Waals surface area contributed by atoms with Crippen LogP contribution in [0.15, 0.2) is 90.5 Å². The van der Waals surface area contributed by atoms with E-state index in [4.69, 9.17) is 0 Å². The first-order valence-corrected chi connectivity index (χ1v) is 13.7. The molecule has 4 aliphatic rings. The number of aryl methyl sites for hydroxylation is 1. The summed E-state index contributed by atoms with van der Waals surface area (Å²) in [7, 11) is 0. The number of fused-ring (bicyclic) bond motifs is 4. The highest BCUT2D eigenvalue weighted by Gasteiger charge is 2.62. The molecule has 3 aromatic carbocycles. The summed E-state index contributed by atoms with van der Waals surface area (Å²) in [6.45, 7) is 1.80. The number of rotatable bonds is 3. The van der Waals surface area contributed by atoms with Crippen LogP contribution in [0, 0.1) is 36.5 Å². The van der Waals surface area contributed by atoms with E-state index < -0.39 is 29.6 Å². The first-order valence-electron chi connectivity index (χ1n) is 13.7. The Balaban J connectivity index is 1.35. The van der Waals surface area contributed by atoms with Crippen LogP contribution in [0.5, 0.6) is 5.75 Å². The summed E-state index contributed by atoms with van der Waals surface area (Å²) >= 11 is 0. The molecule has 0 bridgehead atoms. The van der Waals surface area contributed by atoms with E-state index in [1.807, 2.05) is 24.3 Å². The second-order valence-electron chi connectivity index (χ2n) is 11.3. The zero-order valence-electron chi connectivity index (χ0n) is 21.9. The second-order valence-corrected chi connectivity index (χ2v) is 11.3. The molecule has 3 fully saturated rings. The maximum atomic E-state index is 14.0. The van der Waals surface area contributed by atoms with E-state index in [0.29, 0.717) is 29.8 Å². The van der Waals surface area contributed by atoms with Gasteiger partial charge in [-0.3, -0.25) is 29.0 Å². The lowest BCUT2D eigenvalue weighted by Crippen LogP contribution is -2.43. The van der Waals surface area contributed by atoms with E-state index in [9.17, 15) is 24.3 Å². The maximum absolute atomic E-state index is 14.0. The van der Waals surface area contributed by atoms with Crippen LogP contribution < -0.4 is 9.80 Å². The molecule has 0 spiro atoms. The molecule has 2 saturated heterocycles. The molecule has 2 aliphatic heterocycles. The molecule has 2 heterocycles. The minimum Gasteiger partial charge on any atom is -0.508 e. The fraction of sp³-hybridized carbons (Fsp3) is 0.273. The zero-order chi connectivity index (χ0) is 27.7. The highest BCUT2D eigenvalue weighted by atomic mass is 16.3. The SMILES string of the molecule is Cc1cc(C2C3=CCC4C(=O)N(c5ccccc5)C(=O)C4C3CC3C(=O)N(c4ccccc4)C(=O)C32)ccc1O. The predicted molar refractivity (Wildman–Crippen MR) is 148 cm³/mol. The van der Waals surface area contributed by atoms with E-state index >= 15 is 0 Å². The molecule has 40 heavy (non-hydrogen) atoms. The van der Waals surface area contributed by atoms with Crippen molar-refractivity contribution in [3.8, 4) is 5.75 Å². The molecular formula is C33H28N2O5. The van der Waals surface area contributed by atoms with Crippen molar-refractivity contribution in [2.75, 3.05) is 9.80 Å². The molecule has 1 N–H and O–H groups in total. The third-order valence-electron chi connectivity index (χ3n) is 9.26. The Morgan fingerprint density at radius 2 is 1.25 bits per heavy atom. The first-order chi connectivity index (χ1) is 19.4. The molecular weight excluding hydrogens is 504 g/mol. The van der Waals surface area contributed by atoms with Crippen molar-refractivity contribution < 1.29 is 24.3 Å². The van der Waals surface area contributed by atoms with Gasteiger partial charge in [0.15, 0.2) is 0 Å². The Morgan fingerprint density at radius 3 is 1.85 bits per heavy atom. The van der Waals surface area contributed by atoms with Crippen molar-refractivity contribution in [1.82, 2.24) is 0 Å². The molecule has 2 aliphatic carbocycles. The summed E-state index contributed by atoms with van der Waals surface area (Å²) in [6, 6.07) is 23.2. The summed E-state index contributed by atoms with van der Waals surface area (Å²) in [6.07, 6.45) is 2.78. The van der Waals surface area contributed by atoms with Gasteiger partial charge in [-0.1, -0.05) is 60.2 Å². The van der Waals surface area contributed by atoms with Gasteiger partial charge in [0, 0.05) is 5.92 Å². The highest BCUT2D eigenvalue weighted by molar-refractivity contribution is 6.24. The molecule has 3 aromatic rings. The third kappa shape index (κ3) is 3.43. The van der Waals surface area contributed by atoms with Gasteiger partial charge in [0.1, 0.15) is 5.75 Å². The number of phenols is 1. The van der Waals surface area contributed by atoms with Crippen LogP contribution in [-0.2, 0) is 19.2 Å². The Bertz CT molecular complexity index is 1600. The molecule has 6 atom stereocenters. The van der Waals surface area contributed by atoms with Crippen molar-refractivity contribution in [1.29, 1.82) is 0 Å². The van der Waals surface area contributed by atoms with Crippen LogP contribution >= 0.6 is 0 Å². The van der Waals surface area contributed by atoms with Crippen LogP contribution in [0.25, 0.3) is 0 Å². The number of amides is 4. The van der Waals surface area contributed by atoms with Gasteiger partial charge in [-0.05, 0) is 67.1 Å². The molecule has 200 valence electrons. The highest BCUT2D eigenvalue weighted by Crippen LogP contribution is 2.58. The monoisotopic (exact) mass is 532 g/mol. The minimum absolute atomic E-state index is 0.153. The number of benzene rings is 3. The Morgan fingerprint density at radius 1 is 0.675 bits per heavy atom. The lowest BCUT2D eigenvalue weighted by Gasteiger charge is -2.44. The van der Waals surface area contributed by atoms with Crippen molar-refractivity contribution in [3.05, 3.63) is 102 Å². The van der Waals surface area contributed by atoms with Crippen molar-refractivity contribution in [2.45, 2.75) is 25.7 Å². The van der Waals surface area contributed by atoms with Crippen LogP contribution in [0.3, 0.4) is 0 Å². The number of carbonyl (C=O) groups excluding carboxylic acids is 4. The van der Waals surface area contributed by atoms with E-state index in [-0.39, 0.29) is 35.3 Å². The van der Waals surface area contributed by atoms with Gasteiger partial charge in [0.2, 0.25) is 23.6 Å². The molecule has 0 aromatic heterocycles. The lowest BCUT2D eigenvalue weighted by molar-refractivity contribution is -0.126. The molecule has 4 amide bonds. The summed E-state index contributed by atoms with van der Waals surface area (Å²) in [5.41, 5.74) is 3.52. The number of hydrogen-bond donors (Lipinski definition) is 1. The van der Waals surface area contributed by atoms with E-state index in [1.165, 1.54) is 9.80 Å². The smallest absolute Gasteiger partial charge is 0.238 e. The van der Waals surface area contributed by atoms with Gasteiger partial charge in [-0.25, -0.2) is 0 Å². The van der Waals surface area contributed by atoms with Crippen LogP contribution in [-0.4, -0.2) is 28.7 Å². The van der Waals surface area contributed by atoms with Gasteiger partial charge >= 0.3 is 0 Å². The van der Waals surface area contributed by atoms with Crippen LogP contribution in [0.4, 0.5) is 11.4 Å². The largest absolute Gasteiger partial charge is 0.508 e. The number of imide groups is 2. The number of phenolic OH excluding ortho intramolecular Hbond substituents is 1. The summed E-state index contributed by atoms with van der Waals surface area (Å²) in [5, 5.41) is 10.2. The van der Waals surface area contributed by atoms with Gasteiger partial charge in [0.25, 0.3) is 0 Å². The van der Waals surface area contributed by atoms with Gasteiger partial charge in [-0.15, -0.1) is 0 Å². The minimum atomic E-state index is -0.631. The fourth-order valence-electron chi connectivity index (χ4n) is 7.50. The number of nitrogens with zero attached hydrogens (tertiary/aromatic N) is 2. The van der Waals surface area contributed by atoms with Gasteiger partial charge < -0.3 is 5.11 Å². The molecule has 7 nitrogen and oxygen atoms in total. The van der Waals surface area contributed by atoms with Crippen LogP contribution in [0.2, 0.25) is 0 Å². The number of para-hydroxylation sites is 2. The average Bonchev–Trinajstić information content (AvgIpc) is 3.38. The summed E-state index contributed by atoms with van der Waals surface area (Å²) < 4.78 is 0. The number of hydrogen-bond acceptors (Lipinski definition) is 5. The number of allylic oxidation sites excluding steroid dienone is 2. The topological polar surface area (TPSA) is 95.0 Å². The first kappa shape index (κ1) is 24.5. The zero-order valence-corrected chi connectivity index (χ0v) is 21.9. The number of carbonyl (C=O) groups is 4. The number of anilines is 2. The van der Waals surface area contributed by atoms with Crippen LogP contribution in [0.1, 0.15) is 29.9 Å². The van der Waals surface area contributed by atoms with Gasteiger partial charge in [-0.2, -0.15) is 0 Å². The van der Waals surface area contributed by atoms with Crippen molar-refractivity contribution in [3.63, 3.8) is 0 Å². The molecule has 6 unspecified atom stereocenters. The van der Waals surface area contributed by atoms with Crippen molar-refractivity contribution >= 4 is 35.0 Å². The molecule has 7 rings (SSSR count). The van der Waals surface area contributed by atoms with E-state index in [0.717, 1.165) is 11.1 Å². The normalized spacial score (nSPS) is 29.3. The fourth-order valence-corrected chi connectivity index (χ4v) is 7.50. The molecule has 0 radical (unpaired) electrons. The molecule has 1 saturated carbocycles. The Labute approximate surface area is 231 Å².